The first-order valence-electron chi connectivity index (χ1n) is 10.7. The van der Waals surface area contributed by atoms with Crippen molar-refractivity contribution < 1.29 is 9.59 Å². The van der Waals surface area contributed by atoms with Crippen LogP contribution in [0.1, 0.15) is 53.2 Å². The van der Waals surface area contributed by atoms with Crippen molar-refractivity contribution in [2.24, 2.45) is 0 Å². The number of nitrogens with zero attached hydrogens (tertiary/aromatic N) is 6. The van der Waals surface area contributed by atoms with E-state index >= 15 is 0 Å². The van der Waals surface area contributed by atoms with Gasteiger partial charge in [-0.05, 0) is 43.2 Å². The van der Waals surface area contributed by atoms with Crippen LogP contribution in [0.5, 0.6) is 0 Å². The molecule has 0 bridgehead atoms. The fraction of sp³-hybridized carbons (Fsp3) is 0.500. The monoisotopic (exact) mass is 406 g/mol. The third-order valence-corrected chi connectivity index (χ3v) is 6.19. The van der Waals surface area contributed by atoms with Crippen LogP contribution in [-0.2, 0) is 4.79 Å². The molecule has 2 amide bonds. The van der Waals surface area contributed by atoms with Crippen LogP contribution in [0.15, 0.2) is 24.7 Å². The number of rotatable bonds is 4. The Labute approximate surface area is 175 Å². The van der Waals surface area contributed by atoms with Crippen molar-refractivity contribution in [3.8, 4) is 0 Å². The van der Waals surface area contributed by atoms with Gasteiger partial charge >= 0.3 is 0 Å². The Morgan fingerprint density at radius 3 is 2.40 bits per heavy atom. The minimum atomic E-state index is -0.116. The second-order valence-corrected chi connectivity index (χ2v) is 8.37. The summed E-state index contributed by atoms with van der Waals surface area (Å²) in [5.74, 6) is 2.19. The number of aryl methyl sites for hydroxylation is 1. The summed E-state index contributed by atoms with van der Waals surface area (Å²) in [5, 5.41) is 0. The largest absolute Gasteiger partial charge is 0.353 e. The summed E-state index contributed by atoms with van der Waals surface area (Å²) < 4.78 is 0. The van der Waals surface area contributed by atoms with Crippen molar-refractivity contribution in [2.75, 3.05) is 42.5 Å². The van der Waals surface area contributed by atoms with Gasteiger partial charge in [-0.2, -0.15) is 0 Å². The van der Waals surface area contributed by atoms with Crippen molar-refractivity contribution in [2.45, 2.75) is 38.5 Å². The zero-order chi connectivity index (χ0) is 20.7. The molecule has 2 aromatic rings. The maximum absolute atomic E-state index is 12.8. The molecule has 0 unspecified atom stereocenters. The second-order valence-electron chi connectivity index (χ2n) is 8.37. The first-order chi connectivity index (χ1) is 14.6. The van der Waals surface area contributed by atoms with Crippen molar-refractivity contribution in [3.63, 3.8) is 0 Å². The van der Waals surface area contributed by atoms with Gasteiger partial charge in [-0.25, -0.2) is 15.0 Å². The summed E-state index contributed by atoms with van der Waals surface area (Å²) in [5.41, 5.74) is 2.88. The van der Waals surface area contributed by atoms with Crippen LogP contribution in [0.2, 0.25) is 0 Å². The van der Waals surface area contributed by atoms with Gasteiger partial charge in [0.05, 0.1) is 12.4 Å². The predicted molar refractivity (Wildman–Crippen MR) is 113 cm³/mol. The van der Waals surface area contributed by atoms with E-state index in [-0.39, 0.29) is 11.8 Å². The molecule has 5 rings (SSSR count). The molecule has 0 atom stereocenters. The highest BCUT2D eigenvalue weighted by atomic mass is 16.2. The zero-order valence-corrected chi connectivity index (χ0v) is 17.3. The molecule has 0 N–H and O–H groups in total. The molecule has 2 aromatic heterocycles. The summed E-state index contributed by atoms with van der Waals surface area (Å²) in [6.07, 6.45) is 8.96. The van der Waals surface area contributed by atoms with Crippen molar-refractivity contribution in [3.05, 3.63) is 41.5 Å². The molecule has 2 aliphatic heterocycles. The van der Waals surface area contributed by atoms with Gasteiger partial charge in [0.15, 0.2) is 5.82 Å². The van der Waals surface area contributed by atoms with E-state index in [0.29, 0.717) is 43.5 Å². The van der Waals surface area contributed by atoms with E-state index in [9.17, 15) is 9.59 Å². The second kappa shape index (κ2) is 7.66. The lowest BCUT2D eigenvalue weighted by Crippen LogP contribution is -2.49. The van der Waals surface area contributed by atoms with Crippen LogP contribution in [0.25, 0.3) is 0 Å². The summed E-state index contributed by atoms with van der Waals surface area (Å²) in [6.45, 7) is 5.52. The molecular weight excluding hydrogens is 380 g/mol. The van der Waals surface area contributed by atoms with Gasteiger partial charge in [-0.1, -0.05) is 6.07 Å². The fourth-order valence-corrected chi connectivity index (χ4v) is 4.31. The van der Waals surface area contributed by atoms with Crippen LogP contribution in [0.3, 0.4) is 0 Å². The number of amides is 2. The molecule has 1 saturated carbocycles. The average Bonchev–Trinajstić information content (AvgIpc) is 3.54. The molecule has 8 heteroatoms. The third-order valence-electron chi connectivity index (χ3n) is 6.19. The predicted octanol–water partition coefficient (Wildman–Crippen LogP) is 2.15. The minimum absolute atomic E-state index is 0.0635. The first-order valence-corrected chi connectivity index (χ1v) is 10.7. The number of hydrogen-bond donors (Lipinski definition) is 0. The van der Waals surface area contributed by atoms with Crippen LogP contribution < -0.4 is 9.80 Å². The SMILES string of the molecule is Cc1cc(C2CC2)cnc1N1CCN(C(=O)c2cnc(N3CCCC3=O)cn2)CC1. The highest BCUT2D eigenvalue weighted by Crippen LogP contribution is 2.40. The van der Waals surface area contributed by atoms with E-state index in [4.69, 9.17) is 4.98 Å². The van der Waals surface area contributed by atoms with E-state index in [1.807, 2.05) is 11.1 Å². The zero-order valence-electron chi connectivity index (χ0n) is 17.3. The Balaban J connectivity index is 1.21. The Hall–Kier alpha value is -3.03. The Morgan fingerprint density at radius 2 is 1.80 bits per heavy atom. The maximum Gasteiger partial charge on any atom is 0.274 e. The molecule has 0 aromatic carbocycles. The Morgan fingerprint density at radius 1 is 1.00 bits per heavy atom. The average molecular weight is 406 g/mol. The van der Waals surface area contributed by atoms with Crippen LogP contribution in [0, 0.1) is 6.92 Å². The minimum Gasteiger partial charge on any atom is -0.353 e. The lowest BCUT2D eigenvalue weighted by atomic mass is 10.1. The molecule has 3 aliphatic rings. The standard InChI is InChI=1S/C22H26N6O2/c1-15-11-17(16-4-5-16)12-25-21(15)26-7-9-27(10-8-26)22(30)18-13-24-19(14-23-18)28-6-2-3-20(28)29/h11-14,16H,2-10H2,1H3. The summed E-state index contributed by atoms with van der Waals surface area (Å²) in [7, 11) is 0. The third kappa shape index (κ3) is 3.62. The summed E-state index contributed by atoms with van der Waals surface area (Å²) in [4.78, 5) is 43.7. The van der Waals surface area contributed by atoms with Gasteiger partial charge in [0.2, 0.25) is 5.91 Å². The highest BCUT2D eigenvalue weighted by Gasteiger charge is 2.28. The van der Waals surface area contributed by atoms with E-state index in [1.165, 1.54) is 36.4 Å². The molecule has 156 valence electrons. The molecular formula is C22H26N6O2. The van der Waals surface area contributed by atoms with Crippen LogP contribution in [0.4, 0.5) is 11.6 Å². The molecule has 4 heterocycles. The number of carbonyl (C=O) groups is 2. The van der Waals surface area contributed by atoms with Gasteiger partial charge in [0.25, 0.3) is 5.91 Å². The van der Waals surface area contributed by atoms with E-state index < -0.39 is 0 Å². The normalized spacial score (nSPS) is 19.5. The Kier molecular flexibility index (Phi) is 4.84. The van der Waals surface area contributed by atoms with Crippen molar-refractivity contribution in [1.82, 2.24) is 19.9 Å². The number of hydrogen-bond acceptors (Lipinski definition) is 6. The molecule has 1 aliphatic carbocycles. The number of carbonyl (C=O) groups excluding carboxylic acids is 2. The first kappa shape index (κ1) is 19.0. The van der Waals surface area contributed by atoms with Gasteiger partial charge < -0.3 is 9.80 Å². The molecule has 3 fully saturated rings. The van der Waals surface area contributed by atoms with Crippen molar-refractivity contribution >= 4 is 23.5 Å². The Bertz CT molecular complexity index is 964. The van der Waals surface area contributed by atoms with Gasteiger partial charge in [0.1, 0.15) is 11.5 Å². The van der Waals surface area contributed by atoms with Gasteiger partial charge in [0, 0.05) is 45.3 Å². The number of pyridine rings is 1. The van der Waals surface area contributed by atoms with E-state index in [0.717, 1.165) is 25.3 Å². The van der Waals surface area contributed by atoms with Crippen LogP contribution >= 0.6 is 0 Å². The van der Waals surface area contributed by atoms with Gasteiger partial charge in [-0.15, -0.1) is 0 Å². The van der Waals surface area contributed by atoms with E-state index in [1.54, 1.807) is 4.90 Å². The fourth-order valence-electron chi connectivity index (χ4n) is 4.31. The topological polar surface area (TPSA) is 82.5 Å². The van der Waals surface area contributed by atoms with Crippen molar-refractivity contribution in [1.29, 1.82) is 0 Å². The number of anilines is 2. The summed E-state index contributed by atoms with van der Waals surface area (Å²) >= 11 is 0. The lowest BCUT2D eigenvalue weighted by molar-refractivity contribution is -0.117. The quantitative estimate of drug-likeness (QED) is 0.774. The summed E-state index contributed by atoms with van der Waals surface area (Å²) in [6, 6.07) is 2.26. The smallest absolute Gasteiger partial charge is 0.274 e. The molecule has 8 nitrogen and oxygen atoms in total. The van der Waals surface area contributed by atoms with Crippen LogP contribution in [-0.4, -0.2) is 64.4 Å². The molecule has 30 heavy (non-hydrogen) atoms. The number of piperazine rings is 1. The van der Waals surface area contributed by atoms with Gasteiger partial charge in [-0.3, -0.25) is 14.5 Å². The maximum atomic E-state index is 12.8. The molecule has 0 spiro atoms. The van der Waals surface area contributed by atoms with E-state index in [2.05, 4.69) is 27.9 Å². The molecule has 0 radical (unpaired) electrons. The number of aromatic nitrogens is 3. The highest BCUT2D eigenvalue weighted by molar-refractivity contribution is 5.95. The lowest BCUT2D eigenvalue weighted by Gasteiger charge is -2.36. The molecule has 2 saturated heterocycles.